The second-order valence-corrected chi connectivity index (χ2v) is 7.61. The summed E-state index contributed by atoms with van der Waals surface area (Å²) in [7, 11) is -2.92. The SMILES string of the molecule is CC1CS(=O)(=O)CCN1c1cc(Br)cc(C#N)c1. The van der Waals surface area contributed by atoms with E-state index in [4.69, 9.17) is 5.26 Å². The van der Waals surface area contributed by atoms with Gasteiger partial charge in [0.1, 0.15) is 0 Å². The summed E-state index contributed by atoms with van der Waals surface area (Å²) in [6, 6.07) is 7.49. The first-order valence-electron chi connectivity index (χ1n) is 5.59. The standard InChI is InChI=1S/C12H13BrN2O2S/c1-9-8-18(16,17)3-2-15(9)12-5-10(7-14)4-11(13)6-12/h4-6,9H,2-3,8H2,1H3. The first kappa shape index (κ1) is 13.4. The molecule has 0 bridgehead atoms. The topological polar surface area (TPSA) is 61.2 Å². The third-order valence-electron chi connectivity index (χ3n) is 3.01. The number of hydrogen-bond acceptors (Lipinski definition) is 4. The van der Waals surface area contributed by atoms with Crippen LogP contribution in [-0.4, -0.2) is 32.5 Å². The zero-order valence-electron chi connectivity index (χ0n) is 9.93. The summed E-state index contributed by atoms with van der Waals surface area (Å²) >= 11 is 3.37. The Kier molecular flexibility index (Phi) is 3.64. The van der Waals surface area contributed by atoms with Gasteiger partial charge in [0.25, 0.3) is 0 Å². The Balaban J connectivity index is 2.33. The second-order valence-electron chi connectivity index (χ2n) is 4.47. The van der Waals surface area contributed by atoms with E-state index in [1.54, 1.807) is 12.1 Å². The number of rotatable bonds is 1. The van der Waals surface area contributed by atoms with Gasteiger partial charge in [-0.15, -0.1) is 0 Å². The van der Waals surface area contributed by atoms with Gasteiger partial charge in [-0.2, -0.15) is 5.26 Å². The van der Waals surface area contributed by atoms with Crippen molar-refractivity contribution in [1.82, 2.24) is 0 Å². The lowest BCUT2D eigenvalue weighted by molar-refractivity contribution is 0.568. The van der Waals surface area contributed by atoms with E-state index in [0.717, 1.165) is 10.2 Å². The highest BCUT2D eigenvalue weighted by molar-refractivity contribution is 9.10. The normalized spacial score (nSPS) is 22.5. The molecule has 0 aliphatic carbocycles. The smallest absolute Gasteiger partial charge is 0.154 e. The van der Waals surface area contributed by atoms with Crippen molar-refractivity contribution in [3.05, 3.63) is 28.2 Å². The molecule has 4 nitrogen and oxygen atoms in total. The highest BCUT2D eigenvalue weighted by Crippen LogP contribution is 2.26. The first-order valence-corrected chi connectivity index (χ1v) is 8.20. The lowest BCUT2D eigenvalue weighted by Gasteiger charge is -2.35. The molecular weight excluding hydrogens is 316 g/mol. The Morgan fingerprint density at radius 3 is 2.78 bits per heavy atom. The molecule has 1 heterocycles. The van der Waals surface area contributed by atoms with Gasteiger partial charge in [-0.25, -0.2) is 8.42 Å². The Bertz CT molecular complexity index is 607. The Labute approximate surface area is 115 Å². The van der Waals surface area contributed by atoms with Gasteiger partial charge in [-0.05, 0) is 25.1 Å². The summed E-state index contributed by atoms with van der Waals surface area (Å²) in [4.78, 5) is 2.03. The van der Waals surface area contributed by atoms with E-state index in [2.05, 4.69) is 22.0 Å². The predicted octanol–water partition coefficient (Wildman–Crippen LogP) is 1.94. The lowest BCUT2D eigenvalue weighted by Crippen LogP contribution is -2.47. The van der Waals surface area contributed by atoms with Crippen molar-refractivity contribution in [2.24, 2.45) is 0 Å². The van der Waals surface area contributed by atoms with E-state index < -0.39 is 9.84 Å². The van der Waals surface area contributed by atoms with Crippen LogP contribution >= 0.6 is 15.9 Å². The summed E-state index contributed by atoms with van der Waals surface area (Å²) in [5.74, 6) is 0.340. The van der Waals surface area contributed by atoms with Gasteiger partial charge in [0.05, 0.1) is 23.1 Å². The van der Waals surface area contributed by atoms with Crippen LogP contribution in [0.15, 0.2) is 22.7 Å². The van der Waals surface area contributed by atoms with Crippen LogP contribution in [-0.2, 0) is 9.84 Å². The van der Waals surface area contributed by atoms with Gasteiger partial charge >= 0.3 is 0 Å². The minimum atomic E-state index is -2.92. The molecule has 0 spiro atoms. The predicted molar refractivity (Wildman–Crippen MR) is 74.3 cm³/mol. The number of sulfone groups is 1. The Hall–Kier alpha value is -1.06. The van der Waals surface area contributed by atoms with Crippen LogP contribution in [0.1, 0.15) is 12.5 Å². The van der Waals surface area contributed by atoms with E-state index in [-0.39, 0.29) is 17.5 Å². The molecule has 1 aliphatic rings. The quantitative estimate of drug-likeness (QED) is 0.790. The van der Waals surface area contributed by atoms with Gasteiger partial charge in [0.2, 0.25) is 0 Å². The summed E-state index contributed by atoms with van der Waals surface area (Å²) in [5, 5.41) is 8.95. The van der Waals surface area contributed by atoms with Crippen LogP contribution in [0, 0.1) is 11.3 Å². The molecule has 0 aromatic heterocycles. The average Bonchev–Trinajstić information content (AvgIpc) is 2.26. The maximum atomic E-state index is 11.5. The van der Waals surface area contributed by atoms with Crippen molar-refractivity contribution in [2.45, 2.75) is 13.0 Å². The Morgan fingerprint density at radius 1 is 1.44 bits per heavy atom. The van der Waals surface area contributed by atoms with Crippen molar-refractivity contribution in [1.29, 1.82) is 5.26 Å². The van der Waals surface area contributed by atoms with Gasteiger partial charge in [0, 0.05) is 22.7 Å². The number of anilines is 1. The average molecular weight is 329 g/mol. The molecule has 96 valence electrons. The fourth-order valence-electron chi connectivity index (χ4n) is 2.19. The molecule has 6 heteroatoms. The third-order valence-corrected chi connectivity index (χ3v) is 5.27. The first-order chi connectivity index (χ1) is 8.41. The minimum absolute atomic E-state index is 0.0652. The van der Waals surface area contributed by atoms with E-state index in [1.807, 2.05) is 17.9 Å². The summed E-state index contributed by atoms with van der Waals surface area (Å²) in [6.07, 6.45) is 0. The molecule has 0 N–H and O–H groups in total. The molecular formula is C12H13BrN2O2S. The van der Waals surface area contributed by atoms with Crippen molar-refractivity contribution in [3.63, 3.8) is 0 Å². The zero-order valence-corrected chi connectivity index (χ0v) is 12.3. The molecule has 0 radical (unpaired) electrons. The van der Waals surface area contributed by atoms with Crippen molar-refractivity contribution in [3.8, 4) is 6.07 Å². The molecule has 1 saturated heterocycles. The van der Waals surface area contributed by atoms with Gasteiger partial charge < -0.3 is 4.90 Å². The van der Waals surface area contributed by atoms with Crippen LogP contribution in [0.3, 0.4) is 0 Å². The van der Waals surface area contributed by atoms with E-state index in [0.29, 0.717) is 12.1 Å². The van der Waals surface area contributed by atoms with Crippen LogP contribution in [0.4, 0.5) is 5.69 Å². The largest absolute Gasteiger partial charge is 0.367 e. The molecule has 1 aliphatic heterocycles. The van der Waals surface area contributed by atoms with Crippen LogP contribution in [0.25, 0.3) is 0 Å². The van der Waals surface area contributed by atoms with Gasteiger partial charge in [-0.1, -0.05) is 15.9 Å². The van der Waals surface area contributed by atoms with Crippen molar-refractivity contribution >= 4 is 31.5 Å². The molecule has 0 amide bonds. The van der Waals surface area contributed by atoms with Crippen molar-refractivity contribution in [2.75, 3.05) is 23.0 Å². The molecule has 1 fully saturated rings. The maximum absolute atomic E-state index is 11.5. The fraction of sp³-hybridized carbons (Fsp3) is 0.417. The van der Waals surface area contributed by atoms with Crippen molar-refractivity contribution < 1.29 is 8.42 Å². The summed E-state index contributed by atoms with van der Waals surface area (Å²) in [5.41, 5.74) is 1.46. The van der Waals surface area contributed by atoms with Gasteiger partial charge in [-0.3, -0.25) is 0 Å². The van der Waals surface area contributed by atoms with E-state index in [9.17, 15) is 8.42 Å². The minimum Gasteiger partial charge on any atom is -0.367 e. The number of halogens is 1. The van der Waals surface area contributed by atoms with E-state index in [1.165, 1.54) is 0 Å². The fourth-order valence-corrected chi connectivity index (χ4v) is 4.22. The third kappa shape index (κ3) is 2.85. The van der Waals surface area contributed by atoms with E-state index >= 15 is 0 Å². The number of nitriles is 1. The molecule has 18 heavy (non-hydrogen) atoms. The molecule has 1 aromatic rings. The summed E-state index contributed by atoms with van der Waals surface area (Å²) in [6.45, 7) is 2.37. The number of hydrogen-bond donors (Lipinski definition) is 0. The lowest BCUT2D eigenvalue weighted by atomic mass is 10.1. The van der Waals surface area contributed by atoms with Crippen LogP contribution in [0.2, 0.25) is 0 Å². The molecule has 1 atom stereocenters. The number of benzene rings is 1. The van der Waals surface area contributed by atoms with Gasteiger partial charge in [0.15, 0.2) is 9.84 Å². The van der Waals surface area contributed by atoms with Crippen LogP contribution in [0.5, 0.6) is 0 Å². The Morgan fingerprint density at radius 2 is 2.17 bits per heavy atom. The van der Waals surface area contributed by atoms with Crippen LogP contribution < -0.4 is 4.90 Å². The summed E-state index contributed by atoms with van der Waals surface area (Å²) < 4.78 is 23.9. The molecule has 0 saturated carbocycles. The highest BCUT2D eigenvalue weighted by Gasteiger charge is 2.28. The highest BCUT2D eigenvalue weighted by atomic mass is 79.9. The maximum Gasteiger partial charge on any atom is 0.154 e. The monoisotopic (exact) mass is 328 g/mol. The second kappa shape index (κ2) is 4.90. The molecule has 2 rings (SSSR count). The molecule has 1 aromatic carbocycles. The number of nitrogens with zero attached hydrogens (tertiary/aromatic N) is 2. The molecule has 1 unspecified atom stereocenters. The zero-order chi connectivity index (χ0) is 13.3.